The normalized spacial score (nSPS) is 19.2. The number of hydrogen-bond donors (Lipinski definition) is 1. The second-order valence-electron chi connectivity index (χ2n) is 3.71. The summed E-state index contributed by atoms with van der Waals surface area (Å²) in [6.45, 7) is 1.75. The van der Waals surface area contributed by atoms with Crippen LogP contribution in [-0.4, -0.2) is 17.7 Å². The largest absolute Gasteiger partial charge is 0.492 e. The minimum atomic E-state index is -0.873. The number of carboxylic acid groups (broad SMARTS) is 1. The van der Waals surface area contributed by atoms with Crippen LogP contribution in [0.25, 0.3) is 0 Å². The van der Waals surface area contributed by atoms with Crippen molar-refractivity contribution in [2.45, 2.75) is 13.3 Å². The van der Waals surface area contributed by atoms with Gasteiger partial charge in [0.1, 0.15) is 18.2 Å². The average molecular weight is 210 g/mol. The third-order valence-electron chi connectivity index (χ3n) is 2.67. The number of fused-ring (bicyclic) bond motifs is 1. The Morgan fingerprint density at radius 1 is 1.60 bits per heavy atom. The maximum atomic E-state index is 13.2. The van der Waals surface area contributed by atoms with Crippen molar-refractivity contribution in [1.29, 1.82) is 0 Å². The molecule has 0 aliphatic carbocycles. The molecule has 1 aromatic carbocycles. The van der Waals surface area contributed by atoms with E-state index in [0.717, 1.165) is 5.56 Å². The van der Waals surface area contributed by atoms with Crippen LogP contribution in [0.5, 0.6) is 5.75 Å². The first kappa shape index (κ1) is 9.96. The van der Waals surface area contributed by atoms with Crippen molar-refractivity contribution < 1.29 is 19.0 Å². The zero-order chi connectivity index (χ0) is 11.0. The average Bonchev–Trinajstić information content (AvgIpc) is 2.23. The van der Waals surface area contributed by atoms with E-state index in [-0.39, 0.29) is 12.4 Å². The quantitative estimate of drug-likeness (QED) is 0.768. The van der Waals surface area contributed by atoms with Gasteiger partial charge in [0.25, 0.3) is 0 Å². The third kappa shape index (κ3) is 1.67. The van der Waals surface area contributed by atoms with Crippen molar-refractivity contribution >= 4 is 5.97 Å². The number of aliphatic carboxylic acids is 1. The lowest BCUT2D eigenvalue weighted by Gasteiger charge is -2.24. The predicted octanol–water partition coefficient (Wildman–Crippen LogP) is 1.77. The molecule has 1 N–H and O–H groups in total. The second kappa shape index (κ2) is 3.53. The molecule has 0 saturated heterocycles. The molecular formula is C11H11FO3. The Morgan fingerprint density at radius 3 is 3.00 bits per heavy atom. The molecule has 1 atom stereocenters. The molecule has 1 aliphatic heterocycles. The zero-order valence-electron chi connectivity index (χ0n) is 8.29. The number of ether oxygens (including phenoxy) is 1. The van der Waals surface area contributed by atoms with Crippen LogP contribution in [-0.2, 0) is 11.2 Å². The van der Waals surface area contributed by atoms with E-state index in [9.17, 15) is 9.18 Å². The summed E-state index contributed by atoms with van der Waals surface area (Å²) in [4.78, 5) is 10.8. The summed E-state index contributed by atoms with van der Waals surface area (Å²) >= 11 is 0. The van der Waals surface area contributed by atoms with Crippen molar-refractivity contribution in [3.63, 3.8) is 0 Å². The highest BCUT2D eigenvalue weighted by Crippen LogP contribution is 2.32. The van der Waals surface area contributed by atoms with Gasteiger partial charge in [-0.25, -0.2) is 4.39 Å². The van der Waals surface area contributed by atoms with Crippen molar-refractivity contribution in [2.24, 2.45) is 5.92 Å². The number of carbonyl (C=O) groups is 1. The van der Waals surface area contributed by atoms with Gasteiger partial charge >= 0.3 is 5.97 Å². The molecule has 1 unspecified atom stereocenters. The van der Waals surface area contributed by atoms with Gasteiger partial charge < -0.3 is 9.84 Å². The van der Waals surface area contributed by atoms with E-state index in [2.05, 4.69) is 0 Å². The van der Waals surface area contributed by atoms with Crippen LogP contribution < -0.4 is 4.74 Å². The summed E-state index contributed by atoms with van der Waals surface area (Å²) in [5.74, 6) is -1.21. The lowest BCUT2D eigenvalue weighted by molar-refractivity contribution is -0.143. The molecule has 1 heterocycles. The topological polar surface area (TPSA) is 46.5 Å². The van der Waals surface area contributed by atoms with Gasteiger partial charge in [0, 0.05) is 5.56 Å². The third-order valence-corrected chi connectivity index (χ3v) is 2.67. The lowest BCUT2D eigenvalue weighted by Crippen LogP contribution is -2.28. The fourth-order valence-electron chi connectivity index (χ4n) is 1.75. The number of rotatable bonds is 1. The molecule has 0 amide bonds. The Hall–Kier alpha value is -1.58. The molecule has 1 aromatic rings. The molecule has 15 heavy (non-hydrogen) atoms. The summed E-state index contributed by atoms with van der Waals surface area (Å²) in [6, 6.07) is 2.94. The van der Waals surface area contributed by atoms with Crippen LogP contribution in [0, 0.1) is 18.7 Å². The molecular weight excluding hydrogens is 199 g/mol. The van der Waals surface area contributed by atoms with E-state index in [4.69, 9.17) is 9.84 Å². The van der Waals surface area contributed by atoms with Gasteiger partial charge in [-0.15, -0.1) is 0 Å². The minimum absolute atomic E-state index is 0.118. The Kier molecular flexibility index (Phi) is 2.34. The summed E-state index contributed by atoms with van der Waals surface area (Å²) in [6.07, 6.45) is 0.409. The Labute approximate surface area is 86.5 Å². The molecule has 0 radical (unpaired) electrons. The van der Waals surface area contributed by atoms with Gasteiger partial charge in [-0.3, -0.25) is 4.79 Å². The zero-order valence-corrected chi connectivity index (χ0v) is 8.29. The highest BCUT2D eigenvalue weighted by Gasteiger charge is 2.27. The van der Waals surface area contributed by atoms with Gasteiger partial charge in [-0.2, -0.15) is 0 Å². The molecule has 3 nitrogen and oxygen atoms in total. The lowest BCUT2D eigenvalue weighted by atomic mass is 9.95. The van der Waals surface area contributed by atoms with E-state index in [1.54, 1.807) is 13.0 Å². The monoisotopic (exact) mass is 210 g/mol. The summed E-state index contributed by atoms with van der Waals surface area (Å²) in [7, 11) is 0. The van der Waals surface area contributed by atoms with E-state index in [0.29, 0.717) is 17.7 Å². The van der Waals surface area contributed by atoms with Gasteiger partial charge in [-0.05, 0) is 25.0 Å². The van der Waals surface area contributed by atoms with Crippen LogP contribution in [0.1, 0.15) is 11.1 Å². The van der Waals surface area contributed by atoms with E-state index >= 15 is 0 Å². The molecule has 0 fully saturated rings. The van der Waals surface area contributed by atoms with Gasteiger partial charge in [0.2, 0.25) is 0 Å². The fourth-order valence-corrected chi connectivity index (χ4v) is 1.75. The molecule has 4 heteroatoms. The van der Waals surface area contributed by atoms with Crippen molar-refractivity contribution in [1.82, 2.24) is 0 Å². The molecule has 2 rings (SSSR count). The number of hydrogen-bond acceptors (Lipinski definition) is 2. The summed E-state index contributed by atoms with van der Waals surface area (Å²) < 4.78 is 18.5. The van der Waals surface area contributed by atoms with Crippen molar-refractivity contribution in [3.8, 4) is 5.75 Å². The second-order valence-corrected chi connectivity index (χ2v) is 3.71. The van der Waals surface area contributed by atoms with Crippen molar-refractivity contribution in [2.75, 3.05) is 6.61 Å². The number of benzene rings is 1. The smallest absolute Gasteiger partial charge is 0.310 e. The van der Waals surface area contributed by atoms with Crippen LogP contribution in [0.4, 0.5) is 4.39 Å². The highest BCUT2D eigenvalue weighted by molar-refractivity contribution is 5.71. The first-order valence-corrected chi connectivity index (χ1v) is 4.73. The van der Waals surface area contributed by atoms with E-state index in [1.165, 1.54) is 6.07 Å². The Morgan fingerprint density at radius 2 is 2.33 bits per heavy atom. The van der Waals surface area contributed by atoms with Crippen LogP contribution in [0.2, 0.25) is 0 Å². The minimum Gasteiger partial charge on any atom is -0.492 e. The van der Waals surface area contributed by atoms with Crippen LogP contribution in [0.3, 0.4) is 0 Å². The molecule has 0 aromatic heterocycles. The maximum absolute atomic E-state index is 13.2. The first-order chi connectivity index (χ1) is 7.09. The number of carboxylic acids is 1. The number of halogens is 1. The molecule has 1 aliphatic rings. The molecule has 0 saturated carbocycles. The van der Waals surface area contributed by atoms with Gasteiger partial charge in [-0.1, -0.05) is 6.07 Å². The predicted molar refractivity (Wildman–Crippen MR) is 51.5 cm³/mol. The summed E-state index contributed by atoms with van der Waals surface area (Å²) in [5, 5.41) is 8.83. The molecule has 0 spiro atoms. The first-order valence-electron chi connectivity index (χ1n) is 4.73. The van der Waals surface area contributed by atoms with Gasteiger partial charge in [0.15, 0.2) is 0 Å². The van der Waals surface area contributed by atoms with Gasteiger partial charge in [0.05, 0.1) is 5.92 Å². The summed E-state index contributed by atoms with van der Waals surface area (Å²) in [5.41, 5.74) is 1.23. The van der Waals surface area contributed by atoms with Crippen LogP contribution in [0.15, 0.2) is 12.1 Å². The fraction of sp³-hybridized carbons (Fsp3) is 0.364. The molecule has 0 bridgehead atoms. The Bertz CT molecular complexity index is 415. The maximum Gasteiger partial charge on any atom is 0.310 e. The SMILES string of the molecule is Cc1c(F)ccc2c1OCC(C(=O)O)C2. The standard InChI is InChI=1S/C11H11FO3/c1-6-9(12)3-2-7-4-8(11(13)14)5-15-10(6)7/h2-3,8H,4-5H2,1H3,(H,13,14). The molecule has 80 valence electrons. The Balaban J connectivity index is 2.36. The van der Waals surface area contributed by atoms with E-state index in [1.807, 2.05) is 0 Å². The van der Waals surface area contributed by atoms with Crippen molar-refractivity contribution in [3.05, 3.63) is 29.1 Å². The highest BCUT2D eigenvalue weighted by atomic mass is 19.1. The van der Waals surface area contributed by atoms with Crippen LogP contribution >= 0.6 is 0 Å². The van der Waals surface area contributed by atoms with E-state index < -0.39 is 11.9 Å².